The fraction of sp³-hybridized carbons (Fsp3) is 0.684. The van der Waals surface area contributed by atoms with Crippen molar-refractivity contribution >= 4 is 19.9 Å². The van der Waals surface area contributed by atoms with Gasteiger partial charge in [0.15, 0.2) is 8.32 Å². The van der Waals surface area contributed by atoms with E-state index in [0.29, 0.717) is 23.8 Å². The molecular formula is C19H37ClN2O2Si. The number of hydrogen-bond acceptors (Lipinski definition) is 4. The van der Waals surface area contributed by atoms with E-state index in [2.05, 4.69) is 53.9 Å². The molecule has 6 heteroatoms. The van der Waals surface area contributed by atoms with Gasteiger partial charge in [-0.1, -0.05) is 45.5 Å². The van der Waals surface area contributed by atoms with Gasteiger partial charge in [0.2, 0.25) is 0 Å². The van der Waals surface area contributed by atoms with Crippen molar-refractivity contribution in [3.05, 3.63) is 35.8 Å². The second-order valence-electron chi connectivity index (χ2n) is 8.15. The summed E-state index contributed by atoms with van der Waals surface area (Å²) in [6, 6.07) is 0.134. The number of aliphatic hydroxyl groups is 1. The Bertz CT molecular complexity index is 498. The molecule has 25 heavy (non-hydrogen) atoms. The topological polar surface area (TPSA) is 58.7 Å². The fourth-order valence-electron chi connectivity index (χ4n) is 2.16. The molecule has 0 spiro atoms. The Morgan fingerprint density at radius 1 is 1.36 bits per heavy atom. The van der Waals surface area contributed by atoms with Crippen molar-refractivity contribution in [3.63, 3.8) is 0 Å². The Morgan fingerprint density at radius 3 is 2.28 bits per heavy atom. The van der Waals surface area contributed by atoms with E-state index in [1.807, 2.05) is 11.8 Å². The summed E-state index contributed by atoms with van der Waals surface area (Å²) in [5, 5.41) is 10.8. The van der Waals surface area contributed by atoms with Crippen molar-refractivity contribution in [2.24, 2.45) is 5.73 Å². The Balaban J connectivity index is 4.67. The smallest absolute Gasteiger partial charge is 0.192 e. The summed E-state index contributed by atoms with van der Waals surface area (Å²) in [4.78, 5) is 1.96. The van der Waals surface area contributed by atoms with Gasteiger partial charge in [-0.05, 0) is 51.0 Å². The van der Waals surface area contributed by atoms with Crippen LogP contribution in [-0.4, -0.2) is 37.1 Å². The Kier molecular flexibility index (Phi) is 9.51. The highest BCUT2D eigenvalue weighted by atomic mass is 35.5. The summed E-state index contributed by atoms with van der Waals surface area (Å²) in [6.07, 6.45) is 2.68. The number of allylic oxidation sites excluding steroid dienone is 2. The third-order valence-corrected chi connectivity index (χ3v) is 9.81. The molecule has 0 aromatic carbocycles. The van der Waals surface area contributed by atoms with Crippen LogP contribution in [0, 0.1) is 0 Å². The molecule has 1 unspecified atom stereocenters. The Hall–Kier alpha value is -0.753. The van der Waals surface area contributed by atoms with Crippen LogP contribution in [0.5, 0.6) is 0 Å². The molecule has 0 heterocycles. The molecular weight excluding hydrogens is 352 g/mol. The first kappa shape index (κ1) is 24.2. The summed E-state index contributed by atoms with van der Waals surface area (Å²) >= 11 is 5.89. The third kappa shape index (κ3) is 7.56. The lowest BCUT2D eigenvalue weighted by Gasteiger charge is -2.37. The van der Waals surface area contributed by atoms with E-state index in [4.69, 9.17) is 21.8 Å². The minimum atomic E-state index is -1.83. The van der Waals surface area contributed by atoms with Crippen LogP contribution in [0.2, 0.25) is 18.1 Å². The van der Waals surface area contributed by atoms with Crippen molar-refractivity contribution in [2.75, 3.05) is 6.61 Å². The monoisotopic (exact) mass is 388 g/mol. The molecule has 2 atom stereocenters. The van der Waals surface area contributed by atoms with E-state index in [9.17, 15) is 5.11 Å². The molecule has 0 radical (unpaired) electrons. The summed E-state index contributed by atoms with van der Waals surface area (Å²) in [6.45, 7) is 22.8. The highest BCUT2D eigenvalue weighted by Gasteiger charge is 2.37. The van der Waals surface area contributed by atoms with E-state index >= 15 is 0 Å². The second-order valence-corrected chi connectivity index (χ2v) is 13.4. The van der Waals surface area contributed by atoms with Gasteiger partial charge in [0.05, 0.1) is 23.4 Å². The molecule has 146 valence electrons. The minimum absolute atomic E-state index is 0.134. The summed E-state index contributed by atoms with van der Waals surface area (Å²) < 4.78 is 6.09. The first-order chi connectivity index (χ1) is 11.2. The highest BCUT2D eigenvalue weighted by Crippen LogP contribution is 2.36. The number of hydrogen-bond donors (Lipinski definition) is 2. The van der Waals surface area contributed by atoms with Crippen molar-refractivity contribution in [1.29, 1.82) is 0 Å². The largest absolute Gasteiger partial charge is 0.414 e. The van der Waals surface area contributed by atoms with Crippen molar-refractivity contribution in [2.45, 2.75) is 77.7 Å². The molecule has 0 fully saturated rings. The summed E-state index contributed by atoms with van der Waals surface area (Å²) in [5.74, 6) is 0. The number of halogens is 1. The molecule has 0 rings (SSSR count). The number of nitrogens with two attached hydrogens (primary N) is 1. The van der Waals surface area contributed by atoms with Gasteiger partial charge in [-0.15, -0.1) is 0 Å². The zero-order valence-corrected chi connectivity index (χ0v) is 18.8. The Labute approximate surface area is 160 Å². The van der Waals surface area contributed by atoms with Crippen LogP contribution in [0.25, 0.3) is 0 Å². The van der Waals surface area contributed by atoms with Crippen LogP contribution in [0.3, 0.4) is 0 Å². The molecule has 0 aliphatic heterocycles. The molecule has 0 aromatic heterocycles. The quantitative estimate of drug-likeness (QED) is 0.411. The van der Waals surface area contributed by atoms with Crippen LogP contribution in [-0.2, 0) is 4.43 Å². The molecule has 4 nitrogen and oxygen atoms in total. The summed E-state index contributed by atoms with van der Waals surface area (Å²) in [5.41, 5.74) is 7.23. The average molecular weight is 389 g/mol. The van der Waals surface area contributed by atoms with Gasteiger partial charge in [0.1, 0.15) is 0 Å². The first-order valence-corrected chi connectivity index (χ1v) is 12.1. The van der Waals surface area contributed by atoms with Crippen molar-refractivity contribution in [3.8, 4) is 0 Å². The molecule has 0 aliphatic carbocycles. The van der Waals surface area contributed by atoms with Crippen molar-refractivity contribution in [1.82, 2.24) is 4.90 Å². The molecule has 0 bridgehead atoms. The van der Waals surface area contributed by atoms with Gasteiger partial charge in [-0.3, -0.25) is 0 Å². The van der Waals surface area contributed by atoms with E-state index in [1.165, 1.54) is 0 Å². The lowest BCUT2D eigenvalue weighted by Crippen LogP contribution is -2.42. The lowest BCUT2D eigenvalue weighted by atomic mass is 10.1. The normalized spacial score (nSPS) is 16.0. The van der Waals surface area contributed by atoms with E-state index in [-0.39, 0.29) is 11.1 Å². The molecule has 0 saturated heterocycles. The standard InChI is InChI=1S/C19H37ClN2O2Si/c1-10-22(16(4)18(21)15(3)20)14(2)11-12-17(23)13-24-25(8,9)19(5,6)7/h10,14,17,23H,1,3,11-13,21H2,2,4-9H3/b18-16-/t14-,17?/m1/s1. The maximum Gasteiger partial charge on any atom is 0.192 e. The van der Waals surface area contributed by atoms with Gasteiger partial charge in [0, 0.05) is 11.7 Å². The predicted octanol–water partition coefficient (Wildman–Crippen LogP) is 4.93. The van der Waals surface area contributed by atoms with Gasteiger partial charge >= 0.3 is 0 Å². The zero-order valence-electron chi connectivity index (χ0n) is 17.0. The number of nitrogens with zero attached hydrogens (tertiary/aromatic N) is 1. The lowest BCUT2D eigenvalue weighted by molar-refractivity contribution is 0.0862. The van der Waals surface area contributed by atoms with E-state index in [0.717, 1.165) is 12.1 Å². The van der Waals surface area contributed by atoms with Crippen molar-refractivity contribution < 1.29 is 9.53 Å². The van der Waals surface area contributed by atoms with Crippen LogP contribution in [0.1, 0.15) is 47.5 Å². The molecule has 0 amide bonds. The van der Waals surface area contributed by atoms with Crippen LogP contribution in [0.4, 0.5) is 0 Å². The average Bonchev–Trinajstić information content (AvgIpc) is 2.49. The van der Waals surface area contributed by atoms with Crippen LogP contribution < -0.4 is 5.73 Å². The van der Waals surface area contributed by atoms with Gasteiger partial charge in [-0.2, -0.15) is 0 Å². The second kappa shape index (κ2) is 9.81. The zero-order chi connectivity index (χ0) is 20.0. The fourth-order valence-corrected chi connectivity index (χ4v) is 3.34. The predicted molar refractivity (Wildman–Crippen MR) is 112 cm³/mol. The maximum atomic E-state index is 10.3. The van der Waals surface area contributed by atoms with Gasteiger partial charge < -0.3 is 20.2 Å². The molecule has 0 saturated carbocycles. The van der Waals surface area contributed by atoms with Gasteiger partial charge in [-0.25, -0.2) is 0 Å². The third-order valence-electron chi connectivity index (χ3n) is 5.10. The van der Waals surface area contributed by atoms with E-state index in [1.54, 1.807) is 6.20 Å². The van der Waals surface area contributed by atoms with Gasteiger partial charge in [0.25, 0.3) is 0 Å². The number of rotatable bonds is 10. The van der Waals surface area contributed by atoms with E-state index < -0.39 is 14.4 Å². The first-order valence-electron chi connectivity index (χ1n) is 8.78. The SMILES string of the molecule is C=CN(/C(C)=C(\N)C(=C)Cl)[C@H](C)CCC(O)CO[Si](C)(C)C(C)(C)C. The minimum Gasteiger partial charge on any atom is -0.414 e. The molecule has 0 aromatic rings. The molecule has 3 N–H and O–H groups in total. The Morgan fingerprint density at radius 2 is 1.88 bits per heavy atom. The van der Waals surface area contributed by atoms with Crippen LogP contribution in [0.15, 0.2) is 35.8 Å². The highest BCUT2D eigenvalue weighted by molar-refractivity contribution is 6.74. The maximum absolute atomic E-state index is 10.3. The summed E-state index contributed by atoms with van der Waals surface area (Å²) in [7, 11) is -1.83. The number of aliphatic hydroxyl groups excluding tert-OH is 1. The molecule has 0 aliphatic rings. The van der Waals surface area contributed by atoms with Crippen LogP contribution >= 0.6 is 11.6 Å².